The summed E-state index contributed by atoms with van der Waals surface area (Å²) in [4.78, 5) is 2.55. The first kappa shape index (κ1) is 17.2. The smallest absolute Gasteiger partial charge is 0.231 e. The molecule has 0 aromatic heterocycles. The Hall–Kier alpha value is -1.92. The van der Waals surface area contributed by atoms with E-state index in [1.165, 1.54) is 29.5 Å². The van der Waals surface area contributed by atoms with E-state index < -0.39 is 0 Å². The Balaban J connectivity index is 1.48. The monoisotopic (exact) mass is 431 g/mol. The van der Waals surface area contributed by atoms with E-state index in [1.807, 2.05) is 18.2 Å². The second kappa shape index (κ2) is 6.60. The van der Waals surface area contributed by atoms with Crippen molar-refractivity contribution >= 4 is 15.9 Å². The number of fused-ring (bicyclic) bond motifs is 2. The highest BCUT2D eigenvalue weighted by molar-refractivity contribution is 9.10. The molecule has 2 aliphatic heterocycles. The molecule has 27 heavy (non-hydrogen) atoms. The fraction of sp³-hybridized carbons (Fsp3) is 0.429. The molecule has 1 unspecified atom stereocenters. The number of ether oxygens (including phenoxy) is 3. The van der Waals surface area contributed by atoms with Gasteiger partial charge in [0.25, 0.3) is 0 Å². The second-order valence-corrected chi connectivity index (χ2v) is 8.38. The molecule has 1 saturated carbocycles. The fourth-order valence-corrected chi connectivity index (χ4v) is 4.77. The van der Waals surface area contributed by atoms with Crippen LogP contribution >= 0.6 is 15.9 Å². The van der Waals surface area contributed by atoms with Crippen molar-refractivity contribution < 1.29 is 19.3 Å². The van der Waals surface area contributed by atoms with Gasteiger partial charge in [0, 0.05) is 23.6 Å². The molecule has 2 aromatic rings. The number of aromatic hydroxyl groups is 1. The van der Waals surface area contributed by atoms with Gasteiger partial charge >= 0.3 is 0 Å². The summed E-state index contributed by atoms with van der Waals surface area (Å²) in [6, 6.07) is 8.37. The number of methoxy groups -OCH3 is 1. The Labute approximate surface area is 167 Å². The van der Waals surface area contributed by atoms with Gasteiger partial charge in [0.1, 0.15) is 0 Å². The Morgan fingerprint density at radius 2 is 1.96 bits per heavy atom. The number of hydrogen-bond acceptors (Lipinski definition) is 5. The van der Waals surface area contributed by atoms with Gasteiger partial charge in [-0.25, -0.2) is 0 Å². The minimum absolute atomic E-state index is 0.234. The van der Waals surface area contributed by atoms with Crippen LogP contribution in [-0.4, -0.2) is 30.5 Å². The predicted octanol–water partition coefficient (Wildman–Crippen LogP) is 4.40. The second-order valence-electron chi connectivity index (χ2n) is 7.52. The standard InChI is InChI=1S/C21H22BrNO4/c1-25-18-8-15-13(6-17(18)24)4-5-23(21(15)12-2-3-12)10-14-7-19-20(9-16(14)22)27-11-26-19/h6-9,12,21,24H,2-5,10-11H2,1H3. The molecule has 2 aromatic carbocycles. The van der Waals surface area contributed by atoms with Gasteiger partial charge in [0.05, 0.1) is 7.11 Å². The van der Waals surface area contributed by atoms with Gasteiger partial charge in [-0.15, -0.1) is 0 Å². The molecule has 1 atom stereocenters. The van der Waals surface area contributed by atoms with Gasteiger partial charge in [0.15, 0.2) is 23.0 Å². The molecule has 6 heteroatoms. The van der Waals surface area contributed by atoms with Crippen LogP contribution in [0.1, 0.15) is 35.6 Å². The Morgan fingerprint density at radius 3 is 2.70 bits per heavy atom. The van der Waals surface area contributed by atoms with Crippen molar-refractivity contribution in [3.05, 3.63) is 45.4 Å². The van der Waals surface area contributed by atoms with Gasteiger partial charge in [-0.3, -0.25) is 4.90 Å². The van der Waals surface area contributed by atoms with E-state index in [-0.39, 0.29) is 12.5 Å². The molecule has 2 heterocycles. The lowest BCUT2D eigenvalue weighted by atomic mass is 9.88. The maximum atomic E-state index is 10.2. The van der Waals surface area contributed by atoms with Gasteiger partial charge in [0.2, 0.25) is 6.79 Å². The average molecular weight is 432 g/mol. The van der Waals surface area contributed by atoms with Gasteiger partial charge in [-0.2, -0.15) is 0 Å². The molecule has 1 aliphatic carbocycles. The van der Waals surface area contributed by atoms with E-state index in [2.05, 4.69) is 26.9 Å². The third kappa shape index (κ3) is 3.05. The molecular formula is C21H22BrNO4. The number of nitrogens with zero attached hydrogens (tertiary/aromatic N) is 1. The minimum atomic E-state index is 0.234. The Morgan fingerprint density at radius 1 is 1.19 bits per heavy atom. The lowest BCUT2D eigenvalue weighted by Crippen LogP contribution is -2.36. The van der Waals surface area contributed by atoms with Crippen LogP contribution in [0, 0.1) is 5.92 Å². The fourth-order valence-electron chi connectivity index (χ4n) is 4.32. The van der Waals surface area contributed by atoms with E-state index in [0.717, 1.165) is 35.5 Å². The number of halogens is 1. The molecule has 3 aliphatic rings. The molecule has 5 nitrogen and oxygen atoms in total. The number of phenols is 1. The highest BCUT2D eigenvalue weighted by Gasteiger charge is 2.40. The topological polar surface area (TPSA) is 51.2 Å². The number of rotatable bonds is 4. The zero-order valence-electron chi connectivity index (χ0n) is 15.2. The van der Waals surface area contributed by atoms with Crippen LogP contribution in [-0.2, 0) is 13.0 Å². The maximum absolute atomic E-state index is 10.2. The largest absolute Gasteiger partial charge is 0.504 e. The summed E-state index contributed by atoms with van der Waals surface area (Å²) in [6.45, 7) is 2.11. The van der Waals surface area contributed by atoms with E-state index >= 15 is 0 Å². The highest BCUT2D eigenvalue weighted by Crippen LogP contribution is 2.50. The molecular weight excluding hydrogens is 410 g/mol. The van der Waals surface area contributed by atoms with Crippen LogP contribution in [0.3, 0.4) is 0 Å². The average Bonchev–Trinajstić information content (AvgIpc) is 3.40. The summed E-state index contributed by atoms with van der Waals surface area (Å²) in [5, 5.41) is 10.2. The molecule has 0 bridgehead atoms. The van der Waals surface area contributed by atoms with Crippen LogP contribution in [0.2, 0.25) is 0 Å². The first-order valence-electron chi connectivity index (χ1n) is 9.36. The lowest BCUT2D eigenvalue weighted by Gasteiger charge is -2.38. The van der Waals surface area contributed by atoms with E-state index in [9.17, 15) is 5.11 Å². The normalized spacial score (nSPS) is 21.2. The van der Waals surface area contributed by atoms with Gasteiger partial charge in [-0.1, -0.05) is 15.9 Å². The quantitative estimate of drug-likeness (QED) is 0.776. The van der Waals surface area contributed by atoms with Crippen molar-refractivity contribution in [2.45, 2.75) is 31.8 Å². The number of phenolic OH excluding ortho intramolecular Hbond substituents is 1. The summed E-state index contributed by atoms with van der Waals surface area (Å²) in [6.07, 6.45) is 3.44. The molecule has 5 rings (SSSR count). The summed E-state index contributed by atoms with van der Waals surface area (Å²) >= 11 is 3.70. The summed E-state index contributed by atoms with van der Waals surface area (Å²) in [5.74, 6) is 3.09. The molecule has 0 saturated heterocycles. The van der Waals surface area contributed by atoms with Crippen LogP contribution < -0.4 is 14.2 Å². The first-order chi connectivity index (χ1) is 13.1. The van der Waals surface area contributed by atoms with E-state index in [4.69, 9.17) is 14.2 Å². The Bertz CT molecular complexity index is 896. The molecule has 142 valence electrons. The first-order valence-corrected chi connectivity index (χ1v) is 10.1. The van der Waals surface area contributed by atoms with Crippen LogP contribution in [0.4, 0.5) is 0 Å². The summed E-state index contributed by atoms with van der Waals surface area (Å²) < 4.78 is 17.5. The van der Waals surface area contributed by atoms with Crippen molar-refractivity contribution in [1.29, 1.82) is 0 Å². The maximum Gasteiger partial charge on any atom is 0.231 e. The molecule has 1 fully saturated rings. The third-order valence-corrected chi connectivity index (χ3v) is 6.54. The molecule has 1 N–H and O–H groups in total. The number of hydrogen-bond donors (Lipinski definition) is 1. The molecule has 0 spiro atoms. The highest BCUT2D eigenvalue weighted by atomic mass is 79.9. The van der Waals surface area contributed by atoms with E-state index in [0.29, 0.717) is 17.7 Å². The van der Waals surface area contributed by atoms with Crippen molar-refractivity contribution in [2.75, 3.05) is 20.4 Å². The summed E-state index contributed by atoms with van der Waals surface area (Å²) in [7, 11) is 1.61. The lowest BCUT2D eigenvalue weighted by molar-refractivity contribution is 0.155. The van der Waals surface area contributed by atoms with E-state index in [1.54, 1.807) is 7.11 Å². The van der Waals surface area contributed by atoms with Crippen molar-refractivity contribution in [1.82, 2.24) is 4.90 Å². The van der Waals surface area contributed by atoms with Crippen molar-refractivity contribution in [3.63, 3.8) is 0 Å². The predicted molar refractivity (Wildman–Crippen MR) is 105 cm³/mol. The van der Waals surface area contributed by atoms with Crippen molar-refractivity contribution in [3.8, 4) is 23.0 Å². The van der Waals surface area contributed by atoms with Crippen molar-refractivity contribution in [2.24, 2.45) is 5.92 Å². The third-order valence-electron chi connectivity index (χ3n) is 5.80. The van der Waals surface area contributed by atoms with Crippen LogP contribution in [0.15, 0.2) is 28.7 Å². The summed E-state index contributed by atoms with van der Waals surface area (Å²) in [5.41, 5.74) is 3.75. The minimum Gasteiger partial charge on any atom is -0.504 e. The Kier molecular flexibility index (Phi) is 4.20. The number of benzene rings is 2. The van der Waals surface area contributed by atoms with Gasteiger partial charge < -0.3 is 19.3 Å². The zero-order valence-corrected chi connectivity index (χ0v) is 16.8. The van der Waals surface area contributed by atoms with Crippen LogP contribution in [0.5, 0.6) is 23.0 Å². The van der Waals surface area contributed by atoms with Gasteiger partial charge in [-0.05, 0) is 66.1 Å². The zero-order chi connectivity index (χ0) is 18.5. The SMILES string of the molecule is COc1cc2c(cc1O)CCN(Cc1cc3c(cc1Br)OCO3)C2C1CC1. The molecule has 0 amide bonds. The van der Waals surface area contributed by atoms with Crippen LogP contribution in [0.25, 0.3) is 0 Å². The molecule has 0 radical (unpaired) electrons.